The molecule has 0 aliphatic carbocycles. The number of nitrogens with zero attached hydrogens (tertiary/aromatic N) is 3. The van der Waals surface area contributed by atoms with Crippen LogP contribution in [0.25, 0.3) is 0 Å². The molecule has 1 aromatic heterocycles. The zero-order chi connectivity index (χ0) is 13.7. The predicted molar refractivity (Wildman–Crippen MR) is 80.1 cm³/mol. The van der Waals surface area contributed by atoms with Crippen molar-refractivity contribution >= 4 is 17.5 Å². The largest absolute Gasteiger partial charge is 0.354 e. The van der Waals surface area contributed by atoms with Gasteiger partial charge in [0.1, 0.15) is 5.82 Å². The van der Waals surface area contributed by atoms with Gasteiger partial charge in [-0.15, -0.1) is 0 Å². The van der Waals surface area contributed by atoms with Crippen molar-refractivity contribution in [1.82, 2.24) is 9.97 Å². The second-order valence-electron chi connectivity index (χ2n) is 4.35. The molecule has 0 saturated heterocycles. The average molecular weight is 256 g/mol. The van der Waals surface area contributed by atoms with Gasteiger partial charge in [0.2, 0.25) is 5.95 Å². The third-order valence-electron chi connectivity index (χ3n) is 2.88. The van der Waals surface area contributed by atoms with Crippen LogP contribution in [0.15, 0.2) is 36.5 Å². The summed E-state index contributed by atoms with van der Waals surface area (Å²) >= 11 is 0. The molecular weight excluding hydrogens is 236 g/mol. The first kappa shape index (κ1) is 13.3. The zero-order valence-corrected chi connectivity index (χ0v) is 11.7. The summed E-state index contributed by atoms with van der Waals surface area (Å²) in [7, 11) is 0. The number of aromatic nitrogens is 2. The molecule has 0 atom stereocenters. The maximum atomic E-state index is 4.54. The van der Waals surface area contributed by atoms with E-state index in [-0.39, 0.29) is 0 Å². The molecule has 0 amide bonds. The first-order chi connectivity index (χ1) is 9.24. The van der Waals surface area contributed by atoms with Gasteiger partial charge in [-0.2, -0.15) is 4.98 Å². The first-order valence-electron chi connectivity index (χ1n) is 6.65. The van der Waals surface area contributed by atoms with Crippen molar-refractivity contribution in [3.05, 3.63) is 42.1 Å². The minimum Gasteiger partial charge on any atom is -0.354 e. The van der Waals surface area contributed by atoms with Crippen molar-refractivity contribution in [1.29, 1.82) is 0 Å². The minimum atomic E-state index is 0.672. The van der Waals surface area contributed by atoms with Crippen molar-refractivity contribution in [2.75, 3.05) is 23.3 Å². The summed E-state index contributed by atoms with van der Waals surface area (Å²) in [6.45, 7) is 7.94. The molecule has 4 heteroatoms. The maximum absolute atomic E-state index is 4.54. The molecule has 0 unspecified atom stereocenters. The van der Waals surface area contributed by atoms with E-state index in [1.54, 1.807) is 6.20 Å². The number of nitrogens with one attached hydrogen (secondary N) is 1. The fourth-order valence-corrected chi connectivity index (χ4v) is 2.02. The Kier molecular flexibility index (Phi) is 4.34. The van der Waals surface area contributed by atoms with E-state index in [4.69, 9.17) is 0 Å². The highest BCUT2D eigenvalue weighted by Crippen LogP contribution is 2.24. The van der Waals surface area contributed by atoms with E-state index in [0.717, 1.165) is 24.6 Å². The Morgan fingerprint density at radius 3 is 2.74 bits per heavy atom. The van der Waals surface area contributed by atoms with Crippen LogP contribution in [0, 0.1) is 6.92 Å². The number of aryl methyl sites for hydroxylation is 1. The van der Waals surface area contributed by atoms with E-state index < -0.39 is 0 Å². The quantitative estimate of drug-likeness (QED) is 0.890. The smallest absolute Gasteiger partial charge is 0.224 e. The summed E-state index contributed by atoms with van der Waals surface area (Å²) in [5.41, 5.74) is 2.40. The summed E-state index contributed by atoms with van der Waals surface area (Å²) in [4.78, 5) is 10.9. The third kappa shape index (κ3) is 3.22. The highest BCUT2D eigenvalue weighted by atomic mass is 15.2. The van der Waals surface area contributed by atoms with Crippen molar-refractivity contribution in [2.45, 2.75) is 20.8 Å². The zero-order valence-electron chi connectivity index (χ0n) is 11.7. The fraction of sp³-hybridized carbons (Fsp3) is 0.333. The molecule has 2 rings (SSSR count). The van der Waals surface area contributed by atoms with Gasteiger partial charge in [0.05, 0.1) is 0 Å². The Labute approximate surface area is 114 Å². The van der Waals surface area contributed by atoms with Crippen molar-refractivity contribution < 1.29 is 0 Å². The van der Waals surface area contributed by atoms with Gasteiger partial charge in [-0.05, 0) is 44.5 Å². The van der Waals surface area contributed by atoms with Crippen LogP contribution in [0.2, 0.25) is 0 Å². The van der Waals surface area contributed by atoms with Crippen molar-refractivity contribution in [2.24, 2.45) is 0 Å². The molecular formula is C15H20N4. The second kappa shape index (κ2) is 6.18. The highest BCUT2D eigenvalue weighted by molar-refractivity contribution is 5.61. The standard InChI is InChI=1S/C15H20N4/c1-4-16-15-17-10-9-14(18-15)19(5-2)13-8-6-7-12(3)11-13/h6-11H,4-5H2,1-3H3,(H,16,17,18). The van der Waals surface area contributed by atoms with Crippen molar-refractivity contribution in [3.8, 4) is 0 Å². The maximum Gasteiger partial charge on any atom is 0.224 e. The number of hydrogen-bond donors (Lipinski definition) is 1. The molecule has 0 spiro atoms. The predicted octanol–water partition coefficient (Wildman–Crippen LogP) is 3.37. The summed E-state index contributed by atoms with van der Waals surface area (Å²) in [6.07, 6.45) is 1.79. The van der Waals surface area contributed by atoms with Crippen LogP contribution in [0.5, 0.6) is 0 Å². The normalized spacial score (nSPS) is 10.3. The van der Waals surface area contributed by atoms with Crippen LogP contribution in [0.3, 0.4) is 0 Å². The van der Waals surface area contributed by atoms with Gasteiger partial charge in [-0.1, -0.05) is 12.1 Å². The lowest BCUT2D eigenvalue weighted by atomic mass is 10.2. The molecule has 4 nitrogen and oxygen atoms in total. The van der Waals surface area contributed by atoms with E-state index in [9.17, 15) is 0 Å². The topological polar surface area (TPSA) is 41.1 Å². The third-order valence-corrected chi connectivity index (χ3v) is 2.88. The number of anilines is 3. The monoisotopic (exact) mass is 256 g/mol. The van der Waals surface area contributed by atoms with E-state index >= 15 is 0 Å². The van der Waals surface area contributed by atoms with Gasteiger partial charge in [0.25, 0.3) is 0 Å². The minimum absolute atomic E-state index is 0.672. The summed E-state index contributed by atoms with van der Waals surface area (Å²) in [5.74, 6) is 1.59. The molecule has 0 aliphatic heterocycles. The van der Waals surface area contributed by atoms with E-state index in [1.807, 2.05) is 13.0 Å². The Balaban J connectivity index is 2.33. The van der Waals surface area contributed by atoms with E-state index in [0.29, 0.717) is 5.95 Å². The molecule has 19 heavy (non-hydrogen) atoms. The molecule has 2 aromatic rings. The van der Waals surface area contributed by atoms with Gasteiger partial charge in [0, 0.05) is 25.0 Å². The molecule has 0 saturated carbocycles. The van der Waals surface area contributed by atoms with E-state index in [2.05, 4.69) is 58.3 Å². The summed E-state index contributed by atoms with van der Waals surface area (Å²) in [6, 6.07) is 10.4. The van der Waals surface area contributed by atoms with Crippen LogP contribution in [0.1, 0.15) is 19.4 Å². The highest BCUT2D eigenvalue weighted by Gasteiger charge is 2.09. The van der Waals surface area contributed by atoms with Crippen LogP contribution in [-0.4, -0.2) is 23.1 Å². The molecule has 0 radical (unpaired) electrons. The second-order valence-corrected chi connectivity index (χ2v) is 4.35. The molecule has 1 N–H and O–H groups in total. The van der Waals surface area contributed by atoms with Crippen molar-refractivity contribution in [3.63, 3.8) is 0 Å². The summed E-state index contributed by atoms with van der Waals surface area (Å²) < 4.78 is 0. The lowest BCUT2D eigenvalue weighted by Crippen LogP contribution is -2.18. The number of rotatable bonds is 5. The van der Waals surface area contributed by atoms with E-state index in [1.165, 1.54) is 5.56 Å². The number of benzene rings is 1. The molecule has 0 fully saturated rings. The van der Waals surface area contributed by atoms with Gasteiger partial charge >= 0.3 is 0 Å². The summed E-state index contributed by atoms with van der Waals surface area (Å²) in [5, 5.41) is 3.14. The average Bonchev–Trinajstić information content (AvgIpc) is 2.41. The van der Waals surface area contributed by atoms with Crippen LogP contribution < -0.4 is 10.2 Å². The Bertz CT molecular complexity index is 539. The molecule has 0 aliphatic rings. The van der Waals surface area contributed by atoms with Gasteiger partial charge < -0.3 is 10.2 Å². The van der Waals surface area contributed by atoms with Crippen LogP contribution in [-0.2, 0) is 0 Å². The molecule has 0 bridgehead atoms. The first-order valence-corrected chi connectivity index (χ1v) is 6.65. The number of hydrogen-bond acceptors (Lipinski definition) is 4. The lowest BCUT2D eigenvalue weighted by Gasteiger charge is -2.22. The van der Waals surface area contributed by atoms with Crippen LogP contribution in [0.4, 0.5) is 17.5 Å². The lowest BCUT2D eigenvalue weighted by molar-refractivity contribution is 0.970. The molecule has 100 valence electrons. The molecule has 1 aromatic carbocycles. The SMILES string of the molecule is CCNc1nccc(N(CC)c2cccc(C)c2)n1. The molecule has 1 heterocycles. The Morgan fingerprint density at radius 2 is 2.05 bits per heavy atom. The van der Waals surface area contributed by atoms with Gasteiger partial charge in [0.15, 0.2) is 0 Å². The Morgan fingerprint density at radius 1 is 1.21 bits per heavy atom. The Hall–Kier alpha value is -2.10. The van der Waals surface area contributed by atoms with Gasteiger partial charge in [-0.25, -0.2) is 4.98 Å². The fourth-order valence-electron chi connectivity index (χ4n) is 2.02. The van der Waals surface area contributed by atoms with Gasteiger partial charge in [-0.3, -0.25) is 0 Å². The van der Waals surface area contributed by atoms with Crippen LogP contribution >= 0.6 is 0 Å².